The van der Waals surface area contributed by atoms with Gasteiger partial charge in [0.1, 0.15) is 0 Å². The lowest BCUT2D eigenvalue weighted by Gasteiger charge is -2.21. The Kier molecular flexibility index (Phi) is 5.22. The Hall–Kier alpha value is -1.13. The van der Waals surface area contributed by atoms with Crippen molar-refractivity contribution in [2.75, 3.05) is 25.1 Å². The van der Waals surface area contributed by atoms with Crippen molar-refractivity contribution in [2.45, 2.75) is 26.5 Å². The lowest BCUT2D eigenvalue weighted by Crippen LogP contribution is -2.25. The molecule has 0 radical (unpaired) electrons. The topological polar surface area (TPSA) is 51.4 Å². The van der Waals surface area contributed by atoms with E-state index in [2.05, 4.69) is 9.88 Å². The van der Waals surface area contributed by atoms with Crippen LogP contribution in [0.25, 0.3) is 0 Å². The van der Waals surface area contributed by atoms with Gasteiger partial charge >= 0.3 is 0 Å². The number of ether oxygens (including phenoxy) is 1. The molecule has 1 aromatic rings. The van der Waals surface area contributed by atoms with Crippen LogP contribution in [-0.4, -0.2) is 31.3 Å². The molecule has 1 heterocycles. The molecule has 0 aliphatic heterocycles. The summed E-state index contributed by atoms with van der Waals surface area (Å²) in [5.41, 5.74) is 7.65. The van der Waals surface area contributed by atoms with E-state index in [0.717, 1.165) is 17.9 Å². The fourth-order valence-corrected chi connectivity index (χ4v) is 1.48. The summed E-state index contributed by atoms with van der Waals surface area (Å²) in [5.74, 6) is 0. The van der Waals surface area contributed by atoms with Crippen LogP contribution in [0.2, 0.25) is 0 Å². The van der Waals surface area contributed by atoms with Crippen molar-refractivity contribution < 1.29 is 4.74 Å². The molecule has 0 aromatic carbocycles. The van der Waals surface area contributed by atoms with Gasteiger partial charge in [0.25, 0.3) is 0 Å². The monoisotopic (exact) mass is 223 g/mol. The number of rotatable bonds is 6. The summed E-state index contributed by atoms with van der Waals surface area (Å²) in [6, 6.07) is 3.96. The minimum atomic E-state index is 0.274. The second-order valence-electron chi connectivity index (χ2n) is 4.01. The summed E-state index contributed by atoms with van der Waals surface area (Å²) in [7, 11) is 2.03. The smallest absolute Gasteiger partial charge is 0.0772 e. The lowest BCUT2D eigenvalue weighted by molar-refractivity contribution is 0.0846. The van der Waals surface area contributed by atoms with E-state index in [1.807, 2.05) is 33.0 Å². The molecule has 0 saturated heterocycles. The molecule has 0 aliphatic carbocycles. The highest BCUT2D eigenvalue weighted by Gasteiger charge is 2.06. The number of likely N-dealkylation sites (N-methyl/N-ethyl adjacent to an activating group) is 1. The van der Waals surface area contributed by atoms with Gasteiger partial charge in [-0.15, -0.1) is 0 Å². The third-order valence-electron chi connectivity index (χ3n) is 2.35. The second-order valence-corrected chi connectivity index (χ2v) is 4.01. The van der Waals surface area contributed by atoms with Crippen LogP contribution in [0.1, 0.15) is 19.5 Å². The summed E-state index contributed by atoms with van der Waals surface area (Å²) in [4.78, 5) is 6.38. The third kappa shape index (κ3) is 3.79. The van der Waals surface area contributed by atoms with E-state index in [1.54, 1.807) is 6.20 Å². The molecular weight excluding hydrogens is 202 g/mol. The van der Waals surface area contributed by atoms with E-state index < -0.39 is 0 Å². The molecule has 4 nitrogen and oxygen atoms in total. The summed E-state index contributed by atoms with van der Waals surface area (Å²) in [6.45, 7) is 6.10. The second kappa shape index (κ2) is 6.45. The van der Waals surface area contributed by atoms with Gasteiger partial charge in [0.05, 0.1) is 24.1 Å². The Morgan fingerprint density at radius 3 is 2.88 bits per heavy atom. The predicted octanol–water partition coefficient (Wildman–Crippen LogP) is 1.40. The number of hydrogen-bond acceptors (Lipinski definition) is 4. The fraction of sp³-hybridized carbons (Fsp3) is 0.583. The van der Waals surface area contributed by atoms with Crippen LogP contribution in [0.3, 0.4) is 0 Å². The highest BCUT2D eigenvalue weighted by Crippen LogP contribution is 2.15. The average Bonchev–Trinajstić information content (AvgIpc) is 2.28. The molecule has 4 heteroatoms. The van der Waals surface area contributed by atoms with Crippen molar-refractivity contribution in [2.24, 2.45) is 5.73 Å². The first-order chi connectivity index (χ1) is 7.65. The first-order valence-corrected chi connectivity index (χ1v) is 5.62. The Morgan fingerprint density at radius 1 is 1.50 bits per heavy atom. The summed E-state index contributed by atoms with van der Waals surface area (Å²) < 4.78 is 5.51. The first kappa shape index (κ1) is 12.9. The zero-order chi connectivity index (χ0) is 12.0. The molecule has 90 valence electrons. The number of pyridine rings is 1. The molecule has 0 amide bonds. The fourth-order valence-electron chi connectivity index (χ4n) is 1.48. The molecule has 0 atom stereocenters. The number of nitrogens with two attached hydrogens (primary N) is 1. The zero-order valence-corrected chi connectivity index (χ0v) is 10.3. The third-order valence-corrected chi connectivity index (χ3v) is 2.35. The largest absolute Gasteiger partial charge is 0.377 e. The summed E-state index contributed by atoms with van der Waals surface area (Å²) in [6.07, 6.45) is 2.04. The van der Waals surface area contributed by atoms with Gasteiger partial charge in [-0.05, 0) is 26.0 Å². The standard InChI is InChI=1S/C12H21N3O/c1-10(2)16-8-7-15(3)12-5-4-6-14-11(12)9-13/h4-6,10H,7-9,13H2,1-3H3. The van der Waals surface area contributed by atoms with Crippen LogP contribution in [0.5, 0.6) is 0 Å². The molecular formula is C12H21N3O. The molecule has 1 rings (SSSR count). The minimum Gasteiger partial charge on any atom is -0.377 e. The van der Waals surface area contributed by atoms with Gasteiger partial charge < -0.3 is 15.4 Å². The predicted molar refractivity (Wildman–Crippen MR) is 66.5 cm³/mol. The van der Waals surface area contributed by atoms with Crippen LogP contribution < -0.4 is 10.6 Å². The van der Waals surface area contributed by atoms with Gasteiger partial charge in [-0.25, -0.2) is 0 Å². The van der Waals surface area contributed by atoms with Gasteiger partial charge in [-0.1, -0.05) is 0 Å². The highest BCUT2D eigenvalue weighted by atomic mass is 16.5. The number of aromatic nitrogens is 1. The van der Waals surface area contributed by atoms with Crippen LogP contribution >= 0.6 is 0 Å². The van der Waals surface area contributed by atoms with Crippen molar-refractivity contribution in [3.8, 4) is 0 Å². The van der Waals surface area contributed by atoms with E-state index in [1.165, 1.54) is 0 Å². The van der Waals surface area contributed by atoms with Gasteiger partial charge in [-0.2, -0.15) is 0 Å². The van der Waals surface area contributed by atoms with Crippen molar-refractivity contribution in [1.29, 1.82) is 0 Å². The normalized spacial score (nSPS) is 10.8. The molecule has 2 N–H and O–H groups in total. The summed E-state index contributed by atoms with van der Waals surface area (Å²) in [5, 5.41) is 0. The highest BCUT2D eigenvalue weighted by molar-refractivity contribution is 5.49. The Morgan fingerprint density at radius 2 is 2.25 bits per heavy atom. The van der Waals surface area contributed by atoms with Crippen LogP contribution in [0, 0.1) is 0 Å². The maximum absolute atomic E-state index is 5.64. The van der Waals surface area contributed by atoms with E-state index in [-0.39, 0.29) is 6.10 Å². The van der Waals surface area contributed by atoms with Crippen LogP contribution in [0.15, 0.2) is 18.3 Å². The van der Waals surface area contributed by atoms with Crippen LogP contribution in [0.4, 0.5) is 5.69 Å². The quantitative estimate of drug-likeness (QED) is 0.792. The van der Waals surface area contributed by atoms with E-state index in [0.29, 0.717) is 13.2 Å². The molecule has 0 aliphatic rings. The minimum absolute atomic E-state index is 0.274. The van der Waals surface area contributed by atoms with E-state index in [9.17, 15) is 0 Å². The molecule has 0 saturated carbocycles. The Labute approximate surface area is 97.4 Å². The SMILES string of the molecule is CC(C)OCCN(C)c1cccnc1CN. The lowest BCUT2D eigenvalue weighted by atomic mass is 10.2. The number of hydrogen-bond donors (Lipinski definition) is 1. The van der Waals surface area contributed by atoms with E-state index in [4.69, 9.17) is 10.5 Å². The van der Waals surface area contributed by atoms with Crippen molar-refractivity contribution in [1.82, 2.24) is 4.98 Å². The van der Waals surface area contributed by atoms with Crippen molar-refractivity contribution in [3.05, 3.63) is 24.0 Å². The summed E-state index contributed by atoms with van der Waals surface area (Å²) >= 11 is 0. The molecule has 16 heavy (non-hydrogen) atoms. The van der Waals surface area contributed by atoms with Gasteiger partial charge in [0, 0.05) is 26.3 Å². The maximum Gasteiger partial charge on any atom is 0.0772 e. The van der Waals surface area contributed by atoms with Crippen molar-refractivity contribution in [3.63, 3.8) is 0 Å². The average molecular weight is 223 g/mol. The molecule has 0 bridgehead atoms. The molecule has 0 unspecified atom stereocenters. The van der Waals surface area contributed by atoms with Gasteiger partial charge in [0.2, 0.25) is 0 Å². The maximum atomic E-state index is 5.64. The zero-order valence-electron chi connectivity index (χ0n) is 10.3. The van der Waals surface area contributed by atoms with Gasteiger partial charge in [0.15, 0.2) is 0 Å². The van der Waals surface area contributed by atoms with Gasteiger partial charge in [-0.3, -0.25) is 4.98 Å². The number of anilines is 1. The molecule has 1 aromatic heterocycles. The molecule has 0 fully saturated rings. The Bertz CT molecular complexity index is 315. The van der Waals surface area contributed by atoms with Crippen molar-refractivity contribution >= 4 is 5.69 Å². The Balaban J connectivity index is 2.55. The first-order valence-electron chi connectivity index (χ1n) is 5.62. The van der Waals surface area contributed by atoms with E-state index >= 15 is 0 Å². The molecule has 0 spiro atoms. The van der Waals surface area contributed by atoms with Crippen LogP contribution in [-0.2, 0) is 11.3 Å². The number of nitrogens with zero attached hydrogens (tertiary/aromatic N) is 2.